The second-order valence-corrected chi connectivity index (χ2v) is 5.01. The fraction of sp³-hybridized carbons (Fsp3) is 0. The molecule has 2 aromatic heterocycles. The van der Waals surface area contributed by atoms with Crippen molar-refractivity contribution in [3.63, 3.8) is 0 Å². The number of halogens is 3. The van der Waals surface area contributed by atoms with Gasteiger partial charge in [0.2, 0.25) is 0 Å². The average Bonchev–Trinajstić information content (AvgIpc) is 2.32. The molecule has 0 spiro atoms. The Balaban J connectivity index is 2.24. The summed E-state index contributed by atoms with van der Waals surface area (Å²) < 4.78 is 0.812. The number of amides is 1. The van der Waals surface area contributed by atoms with Crippen molar-refractivity contribution < 1.29 is 4.79 Å². The molecule has 18 heavy (non-hydrogen) atoms. The van der Waals surface area contributed by atoms with Gasteiger partial charge in [-0.3, -0.25) is 4.79 Å². The Bertz CT molecular complexity index is 607. The molecule has 0 unspecified atom stereocenters. The zero-order valence-electron chi connectivity index (χ0n) is 8.82. The van der Waals surface area contributed by atoms with Gasteiger partial charge in [-0.15, -0.1) is 0 Å². The lowest BCUT2D eigenvalue weighted by atomic mass is 10.2. The number of rotatable bonds is 2. The summed E-state index contributed by atoms with van der Waals surface area (Å²) in [5, 5.41) is 3.05. The molecular formula is C11H6BrCl2N3O. The molecule has 7 heteroatoms. The van der Waals surface area contributed by atoms with Crippen molar-refractivity contribution >= 4 is 50.9 Å². The fourth-order valence-electron chi connectivity index (χ4n) is 1.24. The van der Waals surface area contributed by atoms with Gasteiger partial charge >= 0.3 is 0 Å². The molecule has 92 valence electrons. The molecule has 2 rings (SSSR count). The minimum absolute atomic E-state index is 0.201. The first-order valence-electron chi connectivity index (χ1n) is 4.80. The van der Waals surface area contributed by atoms with E-state index in [0.717, 1.165) is 4.47 Å². The smallest absolute Gasteiger partial charge is 0.258 e. The summed E-state index contributed by atoms with van der Waals surface area (Å²) in [6.07, 6.45) is 2.90. The van der Waals surface area contributed by atoms with Crippen molar-refractivity contribution in [1.82, 2.24) is 9.97 Å². The molecule has 0 saturated carbocycles. The Kier molecular flexibility index (Phi) is 4.16. The van der Waals surface area contributed by atoms with Crippen LogP contribution in [0.25, 0.3) is 0 Å². The molecule has 2 heterocycles. The van der Waals surface area contributed by atoms with Gasteiger partial charge in [-0.2, -0.15) is 0 Å². The van der Waals surface area contributed by atoms with Crippen LogP contribution in [0.4, 0.5) is 5.82 Å². The van der Waals surface area contributed by atoms with E-state index in [0.29, 0.717) is 5.82 Å². The number of carbonyl (C=O) groups is 1. The topological polar surface area (TPSA) is 54.9 Å². The van der Waals surface area contributed by atoms with Crippen LogP contribution in [0.1, 0.15) is 10.4 Å². The first-order chi connectivity index (χ1) is 8.56. The van der Waals surface area contributed by atoms with E-state index in [4.69, 9.17) is 23.2 Å². The predicted octanol–water partition coefficient (Wildman–Crippen LogP) is 3.80. The minimum atomic E-state index is -0.394. The molecule has 0 aromatic carbocycles. The molecule has 0 fully saturated rings. The highest BCUT2D eigenvalue weighted by molar-refractivity contribution is 9.10. The Morgan fingerprint density at radius 3 is 2.78 bits per heavy atom. The van der Waals surface area contributed by atoms with E-state index >= 15 is 0 Å². The van der Waals surface area contributed by atoms with Gasteiger partial charge in [-0.25, -0.2) is 9.97 Å². The third kappa shape index (κ3) is 3.19. The van der Waals surface area contributed by atoms with Gasteiger partial charge in [0.1, 0.15) is 11.0 Å². The Labute approximate surface area is 121 Å². The zero-order valence-corrected chi connectivity index (χ0v) is 11.9. The van der Waals surface area contributed by atoms with Crippen molar-refractivity contribution in [3.05, 3.63) is 50.8 Å². The normalized spacial score (nSPS) is 10.2. The zero-order chi connectivity index (χ0) is 13.1. The van der Waals surface area contributed by atoms with Gasteiger partial charge in [0.15, 0.2) is 0 Å². The lowest BCUT2D eigenvalue weighted by Crippen LogP contribution is -2.13. The van der Waals surface area contributed by atoms with Crippen molar-refractivity contribution in [2.75, 3.05) is 5.32 Å². The van der Waals surface area contributed by atoms with E-state index in [-0.39, 0.29) is 15.7 Å². The monoisotopic (exact) mass is 345 g/mol. The summed E-state index contributed by atoms with van der Waals surface area (Å²) in [5.74, 6) is 0.0216. The molecule has 1 N–H and O–H groups in total. The van der Waals surface area contributed by atoms with Crippen molar-refractivity contribution in [1.29, 1.82) is 0 Å². The third-order valence-corrected chi connectivity index (χ3v) is 3.03. The maximum Gasteiger partial charge on any atom is 0.258 e. The van der Waals surface area contributed by atoms with Gasteiger partial charge < -0.3 is 5.32 Å². The van der Waals surface area contributed by atoms with E-state index < -0.39 is 5.91 Å². The van der Waals surface area contributed by atoms with Crippen molar-refractivity contribution in [3.8, 4) is 0 Å². The summed E-state index contributed by atoms with van der Waals surface area (Å²) in [4.78, 5) is 19.7. The highest BCUT2D eigenvalue weighted by atomic mass is 79.9. The SMILES string of the molecule is O=C(Nc1cc(Br)ccn1)c1cc(Cl)ncc1Cl. The maximum absolute atomic E-state index is 12.0. The molecule has 0 radical (unpaired) electrons. The molecule has 0 aliphatic heterocycles. The number of carbonyl (C=O) groups excluding carboxylic acids is 1. The maximum atomic E-state index is 12.0. The van der Waals surface area contributed by atoms with Crippen LogP contribution in [0.15, 0.2) is 35.1 Å². The van der Waals surface area contributed by atoms with Crippen LogP contribution in [-0.4, -0.2) is 15.9 Å². The summed E-state index contributed by atoms with van der Waals surface area (Å²) in [7, 11) is 0. The van der Waals surface area contributed by atoms with Crippen LogP contribution >= 0.6 is 39.1 Å². The summed E-state index contributed by atoms with van der Waals surface area (Å²) in [6.45, 7) is 0. The van der Waals surface area contributed by atoms with Gasteiger partial charge in [-0.05, 0) is 18.2 Å². The second kappa shape index (κ2) is 5.65. The Hall–Kier alpha value is -1.17. The molecule has 1 amide bonds. The molecule has 4 nitrogen and oxygen atoms in total. The summed E-state index contributed by atoms with van der Waals surface area (Å²) >= 11 is 14.9. The van der Waals surface area contributed by atoms with E-state index in [2.05, 4.69) is 31.2 Å². The van der Waals surface area contributed by atoms with E-state index in [1.54, 1.807) is 18.3 Å². The minimum Gasteiger partial charge on any atom is -0.306 e. The van der Waals surface area contributed by atoms with Gasteiger partial charge in [0.25, 0.3) is 5.91 Å². The number of nitrogens with one attached hydrogen (secondary N) is 1. The number of hydrogen-bond acceptors (Lipinski definition) is 3. The molecule has 2 aromatic rings. The van der Waals surface area contributed by atoms with Crippen LogP contribution in [-0.2, 0) is 0 Å². The second-order valence-electron chi connectivity index (χ2n) is 3.30. The lowest BCUT2D eigenvalue weighted by molar-refractivity contribution is 0.102. The highest BCUT2D eigenvalue weighted by Gasteiger charge is 2.12. The van der Waals surface area contributed by atoms with Gasteiger partial charge in [0.05, 0.1) is 10.6 Å². The average molecular weight is 347 g/mol. The molecule has 0 saturated heterocycles. The standard InChI is InChI=1S/C11H6BrCl2N3O/c12-6-1-2-15-10(3-6)17-11(18)7-4-9(14)16-5-8(7)13/h1-5H,(H,15,17,18). The third-order valence-electron chi connectivity index (χ3n) is 2.03. The van der Waals surface area contributed by atoms with E-state index in [1.165, 1.54) is 12.3 Å². The molecular weight excluding hydrogens is 341 g/mol. The van der Waals surface area contributed by atoms with Crippen LogP contribution in [0.3, 0.4) is 0 Å². The fourth-order valence-corrected chi connectivity index (χ4v) is 1.93. The van der Waals surface area contributed by atoms with Gasteiger partial charge in [-0.1, -0.05) is 39.1 Å². The predicted molar refractivity (Wildman–Crippen MR) is 74.1 cm³/mol. The van der Waals surface area contributed by atoms with Crippen LogP contribution in [0.5, 0.6) is 0 Å². The highest BCUT2D eigenvalue weighted by Crippen LogP contribution is 2.20. The molecule has 0 atom stereocenters. The number of hydrogen-bond donors (Lipinski definition) is 1. The van der Waals surface area contributed by atoms with Crippen molar-refractivity contribution in [2.24, 2.45) is 0 Å². The summed E-state index contributed by atoms with van der Waals surface area (Å²) in [6, 6.07) is 4.83. The van der Waals surface area contributed by atoms with E-state index in [1.807, 2.05) is 0 Å². The molecule has 0 bridgehead atoms. The van der Waals surface area contributed by atoms with Gasteiger partial charge in [0, 0.05) is 16.9 Å². The van der Waals surface area contributed by atoms with Crippen LogP contribution in [0, 0.1) is 0 Å². The Morgan fingerprint density at radius 2 is 2.06 bits per heavy atom. The lowest BCUT2D eigenvalue weighted by Gasteiger charge is -2.06. The van der Waals surface area contributed by atoms with E-state index in [9.17, 15) is 4.79 Å². The molecule has 0 aliphatic rings. The number of aromatic nitrogens is 2. The first kappa shape index (κ1) is 13.3. The quantitative estimate of drug-likeness (QED) is 0.841. The first-order valence-corrected chi connectivity index (χ1v) is 6.35. The van der Waals surface area contributed by atoms with Crippen LogP contribution in [0.2, 0.25) is 10.2 Å². The largest absolute Gasteiger partial charge is 0.306 e. The molecule has 0 aliphatic carbocycles. The Morgan fingerprint density at radius 1 is 1.28 bits per heavy atom. The van der Waals surface area contributed by atoms with Crippen LogP contribution < -0.4 is 5.32 Å². The van der Waals surface area contributed by atoms with Crippen molar-refractivity contribution in [2.45, 2.75) is 0 Å². The summed E-state index contributed by atoms with van der Waals surface area (Å²) in [5.41, 5.74) is 0.249. The number of pyridine rings is 2. The number of nitrogens with zero attached hydrogens (tertiary/aromatic N) is 2. The number of anilines is 1.